The lowest BCUT2D eigenvalue weighted by Crippen LogP contribution is -2.24. The largest absolute Gasteiger partial charge is 0.486 e. The van der Waals surface area contributed by atoms with E-state index in [1.54, 1.807) is 18.3 Å². The first-order valence-electron chi connectivity index (χ1n) is 8.23. The van der Waals surface area contributed by atoms with Gasteiger partial charge in [-0.3, -0.25) is 9.78 Å². The minimum Gasteiger partial charge on any atom is -0.486 e. The van der Waals surface area contributed by atoms with E-state index in [1.807, 2.05) is 20.8 Å². The van der Waals surface area contributed by atoms with Crippen LogP contribution in [0.2, 0.25) is 0 Å². The molecule has 0 unspecified atom stereocenters. The van der Waals surface area contributed by atoms with E-state index >= 15 is 0 Å². The van der Waals surface area contributed by atoms with Gasteiger partial charge in [-0.25, -0.2) is 0 Å². The van der Waals surface area contributed by atoms with E-state index in [4.69, 9.17) is 9.47 Å². The van der Waals surface area contributed by atoms with Gasteiger partial charge in [-0.2, -0.15) is 13.2 Å². The Morgan fingerprint density at radius 1 is 1.19 bits per heavy atom. The Morgan fingerprint density at radius 2 is 1.93 bits per heavy atom. The van der Waals surface area contributed by atoms with Gasteiger partial charge in [-0.15, -0.1) is 0 Å². The monoisotopic (exact) mass is 382 g/mol. The molecule has 0 saturated heterocycles. The molecule has 0 saturated carbocycles. The summed E-state index contributed by atoms with van der Waals surface area (Å²) >= 11 is 0. The zero-order valence-corrected chi connectivity index (χ0v) is 15.3. The van der Waals surface area contributed by atoms with Gasteiger partial charge in [0.1, 0.15) is 22.8 Å². The Bertz CT molecular complexity index is 786. The summed E-state index contributed by atoms with van der Waals surface area (Å²) in [6.45, 7) is 4.26. The molecule has 27 heavy (non-hydrogen) atoms. The van der Waals surface area contributed by atoms with Crippen LogP contribution in [-0.2, 0) is 11.2 Å². The standard InChI is InChI=1S/C19H21F3N2O3/c1-18(2,3)27-16-7-8-23-11-15(16)24-17(25)10-13-5-4-6-14(9-13)26-12-19(20,21)22/h4-9,11H,10,12H2,1-3H3,(H,24,25). The number of benzene rings is 1. The summed E-state index contributed by atoms with van der Waals surface area (Å²) < 4.78 is 47.2. The second kappa shape index (κ2) is 8.28. The molecule has 2 aromatic rings. The molecule has 0 aliphatic heterocycles. The molecule has 0 atom stereocenters. The van der Waals surface area contributed by atoms with Gasteiger partial charge in [0.25, 0.3) is 0 Å². The van der Waals surface area contributed by atoms with Crippen LogP contribution in [0, 0.1) is 0 Å². The number of pyridine rings is 1. The van der Waals surface area contributed by atoms with Gasteiger partial charge in [0.2, 0.25) is 5.91 Å². The molecule has 1 N–H and O–H groups in total. The van der Waals surface area contributed by atoms with Crippen LogP contribution in [0.3, 0.4) is 0 Å². The third-order valence-corrected chi connectivity index (χ3v) is 3.14. The molecule has 0 fully saturated rings. The Balaban J connectivity index is 2.02. The van der Waals surface area contributed by atoms with E-state index < -0.39 is 18.4 Å². The lowest BCUT2D eigenvalue weighted by molar-refractivity contribution is -0.153. The highest BCUT2D eigenvalue weighted by Gasteiger charge is 2.28. The number of aromatic nitrogens is 1. The molecular weight excluding hydrogens is 361 g/mol. The fraction of sp³-hybridized carbons (Fsp3) is 0.368. The average molecular weight is 382 g/mol. The third-order valence-electron chi connectivity index (χ3n) is 3.14. The quantitative estimate of drug-likeness (QED) is 0.805. The number of rotatable bonds is 6. The van der Waals surface area contributed by atoms with Crippen LogP contribution in [-0.4, -0.2) is 29.3 Å². The zero-order valence-electron chi connectivity index (χ0n) is 15.3. The van der Waals surface area contributed by atoms with Crippen molar-refractivity contribution in [2.24, 2.45) is 0 Å². The summed E-state index contributed by atoms with van der Waals surface area (Å²) in [4.78, 5) is 16.3. The molecule has 146 valence electrons. The number of hydrogen-bond acceptors (Lipinski definition) is 4. The number of carbonyl (C=O) groups is 1. The SMILES string of the molecule is CC(C)(C)Oc1ccncc1NC(=O)Cc1cccc(OCC(F)(F)F)c1. The number of anilines is 1. The summed E-state index contributed by atoms with van der Waals surface area (Å²) in [6.07, 6.45) is -1.43. The van der Waals surface area contributed by atoms with E-state index in [0.29, 0.717) is 17.0 Å². The summed E-state index contributed by atoms with van der Waals surface area (Å²) in [5.41, 5.74) is 0.488. The molecule has 1 amide bonds. The molecule has 1 heterocycles. The maximum Gasteiger partial charge on any atom is 0.422 e. The number of amides is 1. The molecule has 2 rings (SSSR count). The number of carbonyl (C=O) groups excluding carboxylic acids is 1. The predicted octanol–water partition coefficient (Wildman–Crippen LogP) is 4.38. The highest BCUT2D eigenvalue weighted by atomic mass is 19.4. The minimum absolute atomic E-state index is 0.0347. The number of nitrogens with zero attached hydrogens (tertiary/aromatic N) is 1. The first-order valence-corrected chi connectivity index (χ1v) is 8.23. The number of halogens is 3. The maximum absolute atomic E-state index is 12.3. The summed E-state index contributed by atoms with van der Waals surface area (Å²) in [5.74, 6) is 0.179. The van der Waals surface area contributed by atoms with Crippen LogP contribution >= 0.6 is 0 Å². The van der Waals surface area contributed by atoms with Gasteiger partial charge < -0.3 is 14.8 Å². The topological polar surface area (TPSA) is 60.5 Å². The number of hydrogen-bond donors (Lipinski definition) is 1. The summed E-state index contributed by atoms with van der Waals surface area (Å²) in [5, 5.41) is 2.71. The Labute approximate surface area is 155 Å². The van der Waals surface area contributed by atoms with Crippen LogP contribution in [0.1, 0.15) is 26.3 Å². The van der Waals surface area contributed by atoms with Crippen LogP contribution < -0.4 is 14.8 Å². The average Bonchev–Trinajstić information content (AvgIpc) is 2.53. The number of alkyl halides is 3. The van der Waals surface area contributed by atoms with E-state index in [2.05, 4.69) is 10.3 Å². The third kappa shape index (κ3) is 7.55. The van der Waals surface area contributed by atoms with Crippen molar-refractivity contribution >= 4 is 11.6 Å². The van der Waals surface area contributed by atoms with Crippen molar-refractivity contribution in [2.45, 2.75) is 39.0 Å². The maximum atomic E-state index is 12.3. The highest BCUT2D eigenvalue weighted by Crippen LogP contribution is 2.27. The molecule has 0 bridgehead atoms. The molecule has 1 aromatic heterocycles. The molecule has 0 radical (unpaired) electrons. The number of nitrogens with one attached hydrogen (secondary N) is 1. The first kappa shape index (κ1) is 20.5. The van der Waals surface area contributed by atoms with E-state index in [-0.39, 0.29) is 18.1 Å². The predicted molar refractivity (Wildman–Crippen MR) is 94.9 cm³/mol. The fourth-order valence-electron chi connectivity index (χ4n) is 2.18. The second-order valence-electron chi connectivity index (χ2n) is 6.86. The van der Waals surface area contributed by atoms with Crippen molar-refractivity contribution in [1.82, 2.24) is 4.98 Å². The van der Waals surface area contributed by atoms with Gasteiger partial charge >= 0.3 is 6.18 Å². The van der Waals surface area contributed by atoms with Gasteiger partial charge in [-0.05, 0) is 38.5 Å². The Morgan fingerprint density at radius 3 is 2.59 bits per heavy atom. The molecule has 8 heteroatoms. The van der Waals surface area contributed by atoms with E-state index in [1.165, 1.54) is 24.4 Å². The molecule has 0 aliphatic rings. The van der Waals surface area contributed by atoms with Crippen LogP contribution in [0.5, 0.6) is 11.5 Å². The van der Waals surface area contributed by atoms with Gasteiger partial charge in [0.15, 0.2) is 6.61 Å². The molecular formula is C19H21F3N2O3. The summed E-state index contributed by atoms with van der Waals surface area (Å²) in [7, 11) is 0. The fourth-order valence-corrected chi connectivity index (χ4v) is 2.18. The van der Waals surface area contributed by atoms with Gasteiger partial charge in [0, 0.05) is 12.3 Å². The first-order chi connectivity index (χ1) is 12.5. The second-order valence-corrected chi connectivity index (χ2v) is 6.86. The molecule has 0 aliphatic carbocycles. The van der Waals surface area contributed by atoms with Crippen LogP contribution in [0.25, 0.3) is 0 Å². The normalized spacial score (nSPS) is 11.8. The minimum atomic E-state index is -4.42. The van der Waals surface area contributed by atoms with Crippen molar-refractivity contribution in [2.75, 3.05) is 11.9 Å². The van der Waals surface area contributed by atoms with Gasteiger partial charge in [-0.1, -0.05) is 12.1 Å². The van der Waals surface area contributed by atoms with E-state index in [0.717, 1.165) is 0 Å². The Kier molecular flexibility index (Phi) is 6.30. The smallest absolute Gasteiger partial charge is 0.422 e. The Hall–Kier alpha value is -2.77. The van der Waals surface area contributed by atoms with Crippen molar-refractivity contribution in [3.05, 3.63) is 48.3 Å². The summed E-state index contributed by atoms with van der Waals surface area (Å²) in [6, 6.07) is 7.62. The van der Waals surface area contributed by atoms with Gasteiger partial charge in [0.05, 0.1) is 12.6 Å². The highest BCUT2D eigenvalue weighted by molar-refractivity contribution is 5.93. The lowest BCUT2D eigenvalue weighted by Gasteiger charge is -2.23. The van der Waals surface area contributed by atoms with Crippen molar-refractivity contribution in [3.63, 3.8) is 0 Å². The van der Waals surface area contributed by atoms with Crippen LogP contribution in [0.4, 0.5) is 18.9 Å². The zero-order chi connectivity index (χ0) is 20.1. The van der Waals surface area contributed by atoms with Crippen LogP contribution in [0.15, 0.2) is 42.7 Å². The molecule has 1 aromatic carbocycles. The molecule has 5 nitrogen and oxygen atoms in total. The molecule has 0 spiro atoms. The lowest BCUT2D eigenvalue weighted by atomic mass is 10.1. The van der Waals surface area contributed by atoms with Crippen molar-refractivity contribution in [3.8, 4) is 11.5 Å². The number of ether oxygens (including phenoxy) is 2. The van der Waals surface area contributed by atoms with Crippen molar-refractivity contribution < 1.29 is 27.4 Å². The van der Waals surface area contributed by atoms with Crippen molar-refractivity contribution in [1.29, 1.82) is 0 Å². The van der Waals surface area contributed by atoms with E-state index in [9.17, 15) is 18.0 Å².